The average Bonchev–Trinajstić information content (AvgIpc) is 3.85. The van der Waals surface area contributed by atoms with E-state index in [1.807, 2.05) is 82.2 Å². The highest BCUT2D eigenvalue weighted by Crippen LogP contribution is 2.21. The highest BCUT2D eigenvalue weighted by atomic mass is 16.5. The summed E-state index contributed by atoms with van der Waals surface area (Å²) in [4.78, 5) is 46.6. The molecule has 0 bridgehead atoms. The maximum atomic E-state index is 12.8. The van der Waals surface area contributed by atoms with Gasteiger partial charge in [-0.05, 0) is 0 Å². The lowest BCUT2D eigenvalue weighted by Gasteiger charge is -2.11. The van der Waals surface area contributed by atoms with E-state index in [0.29, 0.717) is 74.2 Å². The van der Waals surface area contributed by atoms with Crippen LogP contribution >= 0.6 is 0 Å². The second-order valence-electron chi connectivity index (χ2n) is 10.6. The number of rotatable bonds is 13. The van der Waals surface area contributed by atoms with Crippen LogP contribution in [0.4, 0.5) is 0 Å². The van der Waals surface area contributed by atoms with Gasteiger partial charge in [0.25, 0.3) is 11.8 Å². The fraction of sp³-hybridized carbons (Fsp3) is 0.235. The van der Waals surface area contributed by atoms with Crippen LogP contribution in [-0.4, -0.2) is 92.9 Å². The summed E-state index contributed by atoms with van der Waals surface area (Å²) in [5.74, 6) is 2.14. The summed E-state index contributed by atoms with van der Waals surface area (Å²) in [6, 6.07) is 19.2. The monoisotopic (exact) mass is 618 g/mol. The Kier molecular flexibility index (Phi) is 9.37. The van der Waals surface area contributed by atoms with Gasteiger partial charge in [-0.25, -0.2) is 20.0 Å². The third-order valence-corrected chi connectivity index (χ3v) is 7.55. The van der Waals surface area contributed by atoms with Crippen molar-refractivity contribution in [1.29, 1.82) is 0 Å². The van der Waals surface area contributed by atoms with E-state index in [1.54, 1.807) is 48.4 Å². The molecule has 0 fully saturated rings. The summed E-state index contributed by atoms with van der Waals surface area (Å²) in [6.07, 6.45) is 10.5. The zero-order valence-electron chi connectivity index (χ0n) is 25.7. The van der Waals surface area contributed by atoms with Crippen LogP contribution in [-0.2, 0) is 32.2 Å². The third kappa shape index (κ3) is 6.77. The average molecular weight is 619 g/mol. The maximum absolute atomic E-state index is 12.8. The Morgan fingerprint density at radius 2 is 1.02 bits per heavy atom. The Balaban J connectivity index is 0.947. The van der Waals surface area contributed by atoms with Crippen molar-refractivity contribution in [3.63, 3.8) is 0 Å². The summed E-state index contributed by atoms with van der Waals surface area (Å²) in [7, 11) is 3.44. The molecule has 0 saturated heterocycles. The van der Waals surface area contributed by atoms with Crippen molar-refractivity contribution in [2.75, 3.05) is 40.5 Å². The maximum Gasteiger partial charge on any atom is 0.278 e. The van der Waals surface area contributed by atoms with E-state index < -0.39 is 0 Å². The van der Waals surface area contributed by atoms with Gasteiger partial charge in [0.05, 0.1) is 26.4 Å². The van der Waals surface area contributed by atoms with Crippen LogP contribution in [0.2, 0.25) is 0 Å². The van der Waals surface area contributed by atoms with Crippen LogP contribution < -0.4 is 0 Å². The number of carbonyl (C=O) groups excluding carboxylic acids is 2. The molecule has 0 atom stereocenters. The zero-order chi connectivity index (χ0) is 31.9. The van der Waals surface area contributed by atoms with Crippen molar-refractivity contribution in [1.82, 2.24) is 28.9 Å². The van der Waals surface area contributed by atoms with E-state index in [2.05, 4.69) is 20.0 Å². The molecule has 2 aliphatic rings. The molecule has 2 aliphatic heterocycles. The molecule has 0 unspecified atom stereocenters. The fourth-order valence-electron chi connectivity index (χ4n) is 5.08. The van der Waals surface area contributed by atoms with Gasteiger partial charge in [-0.15, -0.1) is 0 Å². The number of hydrogen-bond acceptors (Lipinski definition) is 8. The molecule has 234 valence electrons. The Morgan fingerprint density at radius 3 is 1.43 bits per heavy atom. The number of benzene rings is 2. The molecule has 12 heteroatoms. The van der Waals surface area contributed by atoms with Crippen molar-refractivity contribution in [3.05, 3.63) is 120 Å². The fourth-order valence-corrected chi connectivity index (χ4v) is 5.08. The lowest BCUT2D eigenvalue weighted by Crippen LogP contribution is -2.28. The Labute approximate surface area is 266 Å². The minimum atomic E-state index is -0.174. The first-order chi connectivity index (χ1) is 22.5. The van der Waals surface area contributed by atoms with Gasteiger partial charge in [0, 0.05) is 75.3 Å². The summed E-state index contributed by atoms with van der Waals surface area (Å²) in [5, 5.41) is 0. The Hall–Kier alpha value is -5.46. The molecule has 0 radical (unpaired) electrons. The number of carbonyl (C=O) groups is 2. The Morgan fingerprint density at radius 1 is 0.609 bits per heavy atom. The molecule has 4 heterocycles. The first-order valence-corrected chi connectivity index (χ1v) is 14.9. The number of hydrogen-bond donors (Lipinski definition) is 0. The number of aliphatic imine (C=N–C) groups is 2. The highest BCUT2D eigenvalue weighted by Gasteiger charge is 2.29. The highest BCUT2D eigenvalue weighted by molar-refractivity contribution is 6.20. The topological polar surface area (TPSA) is 119 Å². The molecule has 0 saturated carbocycles. The van der Waals surface area contributed by atoms with Crippen LogP contribution in [0.15, 0.2) is 107 Å². The SMILES string of the molecule is CN1C(=O)/C(=C/c2nccn2CCOCCOCCn2ccnc2/C=C2/N=C(c3ccccc3)N(C)C2=O)N=C1c1ccccc1. The molecule has 6 rings (SSSR count). The predicted octanol–water partition coefficient (Wildman–Crippen LogP) is 3.33. The molecule has 2 aromatic carbocycles. The molecular weight excluding hydrogens is 584 g/mol. The van der Waals surface area contributed by atoms with E-state index in [0.717, 1.165) is 11.1 Å². The van der Waals surface area contributed by atoms with Gasteiger partial charge in [0.15, 0.2) is 0 Å². The van der Waals surface area contributed by atoms with Crippen molar-refractivity contribution in [2.45, 2.75) is 13.1 Å². The second kappa shape index (κ2) is 14.1. The molecule has 0 N–H and O–H groups in total. The van der Waals surface area contributed by atoms with E-state index in [4.69, 9.17) is 9.47 Å². The zero-order valence-corrected chi connectivity index (χ0v) is 25.7. The summed E-state index contributed by atoms with van der Waals surface area (Å²) in [5.41, 5.74) is 2.44. The van der Waals surface area contributed by atoms with Crippen LogP contribution in [0, 0.1) is 0 Å². The molecule has 2 amide bonds. The summed E-state index contributed by atoms with van der Waals surface area (Å²) < 4.78 is 15.4. The number of amides is 2. The second-order valence-corrected chi connectivity index (χ2v) is 10.6. The molecule has 2 aromatic heterocycles. The van der Waals surface area contributed by atoms with Crippen molar-refractivity contribution in [2.24, 2.45) is 9.98 Å². The van der Waals surface area contributed by atoms with Crippen LogP contribution in [0.25, 0.3) is 12.2 Å². The van der Waals surface area contributed by atoms with Gasteiger partial charge in [-0.1, -0.05) is 60.7 Å². The number of nitrogens with zero attached hydrogens (tertiary/aromatic N) is 8. The molecular formula is C34H34N8O4. The number of aromatic nitrogens is 4. The molecule has 4 aromatic rings. The van der Waals surface area contributed by atoms with E-state index in [9.17, 15) is 9.59 Å². The standard InChI is InChI=1S/C34H34N8O4/c1-39-31(25-9-5-3-6-10-25)37-27(33(39)43)23-29-35-13-15-41(29)17-19-45-21-22-46-20-18-42-16-14-36-30(42)24-28-34(44)40(2)32(38-28)26-11-7-4-8-12-26/h3-16,23-24H,17-22H2,1-2H3/b27-23-,28-24+. The van der Waals surface area contributed by atoms with E-state index >= 15 is 0 Å². The molecule has 46 heavy (non-hydrogen) atoms. The lowest BCUT2D eigenvalue weighted by atomic mass is 10.2. The largest absolute Gasteiger partial charge is 0.377 e. The quantitative estimate of drug-likeness (QED) is 0.168. The first-order valence-electron chi connectivity index (χ1n) is 14.9. The van der Waals surface area contributed by atoms with Gasteiger partial charge in [-0.3, -0.25) is 19.4 Å². The molecule has 0 spiro atoms. The molecule has 0 aliphatic carbocycles. The Bertz CT molecular complexity index is 1690. The van der Waals surface area contributed by atoms with Crippen LogP contribution in [0.5, 0.6) is 0 Å². The van der Waals surface area contributed by atoms with Gasteiger partial charge in [0.1, 0.15) is 34.7 Å². The first kappa shape index (κ1) is 30.6. The minimum absolute atomic E-state index is 0.174. The van der Waals surface area contributed by atoms with Crippen LogP contribution in [0.1, 0.15) is 22.8 Å². The van der Waals surface area contributed by atoms with Gasteiger partial charge in [-0.2, -0.15) is 0 Å². The van der Waals surface area contributed by atoms with Gasteiger partial charge < -0.3 is 18.6 Å². The van der Waals surface area contributed by atoms with Gasteiger partial charge >= 0.3 is 0 Å². The van der Waals surface area contributed by atoms with Crippen LogP contribution in [0.3, 0.4) is 0 Å². The van der Waals surface area contributed by atoms with E-state index in [1.165, 1.54) is 0 Å². The van der Waals surface area contributed by atoms with Gasteiger partial charge in [0.2, 0.25) is 0 Å². The summed E-state index contributed by atoms with van der Waals surface area (Å²) in [6.45, 7) is 2.89. The normalized spacial score (nSPS) is 16.7. The smallest absolute Gasteiger partial charge is 0.278 e. The number of likely N-dealkylation sites (N-methyl/N-ethyl adjacent to an activating group) is 2. The number of ether oxygens (including phenoxy) is 2. The van der Waals surface area contributed by atoms with Crippen molar-refractivity contribution in [3.8, 4) is 0 Å². The van der Waals surface area contributed by atoms with Crippen molar-refractivity contribution >= 4 is 35.6 Å². The van der Waals surface area contributed by atoms with Crippen molar-refractivity contribution < 1.29 is 19.1 Å². The third-order valence-electron chi connectivity index (χ3n) is 7.55. The minimum Gasteiger partial charge on any atom is -0.377 e. The number of imidazole rings is 2. The van der Waals surface area contributed by atoms with E-state index in [-0.39, 0.29) is 11.8 Å². The lowest BCUT2D eigenvalue weighted by molar-refractivity contribution is -0.122. The number of amidine groups is 2. The predicted molar refractivity (Wildman–Crippen MR) is 174 cm³/mol. The molecule has 12 nitrogen and oxygen atoms in total. The summed E-state index contributed by atoms with van der Waals surface area (Å²) >= 11 is 0.